The minimum atomic E-state index is 0.0613. The van der Waals surface area contributed by atoms with E-state index in [1.807, 2.05) is 63.2 Å². The highest BCUT2D eigenvalue weighted by atomic mass is 32.2. The topological polar surface area (TPSA) is 58.4 Å². The number of piperazine rings is 1. The molecular formula is C19H20N4O2S2. The van der Waals surface area contributed by atoms with Gasteiger partial charge in [-0.15, -0.1) is 11.3 Å². The van der Waals surface area contributed by atoms with Crippen molar-refractivity contribution in [1.29, 1.82) is 0 Å². The van der Waals surface area contributed by atoms with Crippen LogP contribution >= 0.6 is 23.1 Å². The van der Waals surface area contributed by atoms with Crippen molar-refractivity contribution in [3.8, 4) is 0 Å². The van der Waals surface area contributed by atoms with Gasteiger partial charge in [0, 0.05) is 33.2 Å². The van der Waals surface area contributed by atoms with E-state index in [1.165, 1.54) is 23.1 Å². The van der Waals surface area contributed by atoms with E-state index in [0.717, 1.165) is 21.1 Å². The molecule has 3 heterocycles. The van der Waals surface area contributed by atoms with Gasteiger partial charge in [-0.25, -0.2) is 4.98 Å². The molecule has 0 radical (unpaired) electrons. The molecule has 0 saturated carbocycles. The Morgan fingerprint density at radius 3 is 2.52 bits per heavy atom. The van der Waals surface area contributed by atoms with Crippen molar-refractivity contribution in [2.75, 3.05) is 31.9 Å². The monoisotopic (exact) mass is 400 g/mol. The van der Waals surface area contributed by atoms with Crippen LogP contribution in [0.2, 0.25) is 0 Å². The largest absolute Gasteiger partial charge is 0.338 e. The summed E-state index contributed by atoms with van der Waals surface area (Å²) in [6.07, 6.45) is 0. The molecule has 1 aliphatic rings. The van der Waals surface area contributed by atoms with Gasteiger partial charge in [-0.05, 0) is 23.6 Å². The molecule has 1 saturated heterocycles. The second-order valence-electron chi connectivity index (χ2n) is 6.38. The summed E-state index contributed by atoms with van der Waals surface area (Å²) >= 11 is 2.92. The smallest absolute Gasteiger partial charge is 0.264 e. The molecule has 0 N–H and O–H groups in total. The number of aryl methyl sites for hydroxylation is 1. The highest BCUT2D eigenvalue weighted by Crippen LogP contribution is 2.23. The van der Waals surface area contributed by atoms with Crippen LogP contribution in [0.15, 0.2) is 46.9 Å². The number of aromatic nitrogens is 2. The van der Waals surface area contributed by atoms with Gasteiger partial charge in [0.25, 0.3) is 5.91 Å². The number of hydrogen-bond acceptors (Lipinski definition) is 5. The molecule has 27 heavy (non-hydrogen) atoms. The zero-order valence-electron chi connectivity index (χ0n) is 15.0. The molecule has 2 aromatic heterocycles. The Morgan fingerprint density at radius 1 is 1.07 bits per heavy atom. The van der Waals surface area contributed by atoms with Crippen LogP contribution in [0, 0.1) is 0 Å². The summed E-state index contributed by atoms with van der Waals surface area (Å²) < 4.78 is 2.02. The molecule has 1 aromatic carbocycles. The van der Waals surface area contributed by atoms with Crippen LogP contribution in [0.3, 0.4) is 0 Å². The number of thiophene rings is 1. The number of nitrogens with zero attached hydrogens (tertiary/aromatic N) is 4. The maximum atomic E-state index is 12.6. The summed E-state index contributed by atoms with van der Waals surface area (Å²) in [4.78, 5) is 34.0. The quantitative estimate of drug-likeness (QED) is 0.632. The number of imidazole rings is 1. The van der Waals surface area contributed by atoms with Gasteiger partial charge >= 0.3 is 0 Å². The number of fused-ring (bicyclic) bond motifs is 1. The molecule has 1 fully saturated rings. The highest BCUT2D eigenvalue weighted by Gasteiger charge is 2.25. The second-order valence-corrected chi connectivity index (χ2v) is 8.27. The van der Waals surface area contributed by atoms with E-state index in [0.29, 0.717) is 31.9 Å². The Balaban J connectivity index is 1.32. The molecular weight excluding hydrogens is 380 g/mol. The molecule has 140 valence electrons. The van der Waals surface area contributed by atoms with Crippen LogP contribution in [0.1, 0.15) is 9.67 Å². The third-order valence-corrected chi connectivity index (χ3v) is 6.59. The molecule has 4 rings (SSSR count). The van der Waals surface area contributed by atoms with E-state index < -0.39 is 0 Å². The van der Waals surface area contributed by atoms with Crippen molar-refractivity contribution < 1.29 is 9.59 Å². The number of carbonyl (C=O) groups excluding carboxylic acids is 2. The van der Waals surface area contributed by atoms with E-state index in [1.54, 1.807) is 0 Å². The van der Waals surface area contributed by atoms with E-state index in [2.05, 4.69) is 4.98 Å². The van der Waals surface area contributed by atoms with Gasteiger partial charge < -0.3 is 14.4 Å². The maximum Gasteiger partial charge on any atom is 0.264 e. The van der Waals surface area contributed by atoms with Crippen LogP contribution in [0.4, 0.5) is 0 Å². The van der Waals surface area contributed by atoms with E-state index in [9.17, 15) is 9.59 Å². The van der Waals surface area contributed by atoms with Crippen LogP contribution in [0.5, 0.6) is 0 Å². The Morgan fingerprint density at radius 2 is 1.81 bits per heavy atom. The summed E-state index contributed by atoms with van der Waals surface area (Å²) in [6, 6.07) is 11.7. The van der Waals surface area contributed by atoms with Crippen molar-refractivity contribution in [3.05, 3.63) is 46.7 Å². The number of carbonyl (C=O) groups is 2. The van der Waals surface area contributed by atoms with Crippen molar-refractivity contribution in [1.82, 2.24) is 19.4 Å². The molecule has 6 nitrogen and oxygen atoms in total. The van der Waals surface area contributed by atoms with Crippen LogP contribution < -0.4 is 0 Å². The first-order valence-corrected chi connectivity index (χ1v) is 10.6. The summed E-state index contributed by atoms with van der Waals surface area (Å²) in [5.41, 5.74) is 2.00. The minimum Gasteiger partial charge on any atom is -0.338 e. The normalized spacial score (nSPS) is 14.7. The standard InChI is InChI=1S/C19H20N4O2S2/c1-21-15-6-3-2-5-14(15)20-19(21)27-13-17(24)22-8-10-23(11-9-22)18(25)16-7-4-12-26-16/h2-7,12H,8-11,13H2,1H3. The third kappa shape index (κ3) is 3.72. The molecule has 3 aromatic rings. The molecule has 2 amide bonds. The predicted octanol–water partition coefficient (Wildman–Crippen LogP) is 2.71. The van der Waals surface area contributed by atoms with Gasteiger partial charge in [-0.1, -0.05) is 30.0 Å². The summed E-state index contributed by atoms with van der Waals surface area (Å²) in [6.45, 7) is 2.33. The van der Waals surface area contributed by atoms with Gasteiger partial charge in [0.1, 0.15) is 0 Å². The van der Waals surface area contributed by atoms with Crippen molar-refractivity contribution in [2.24, 2.45) is 7.05 Å². The number of para-hydroxylation sites is 2. The van der Waals surface area contributed by atoms with E-state index in [-0.39, 0.29) is 11.8 Å². The van der Waals surface area contributed by atoms with Crippen LogP contribution in [-0.2, 0) is 11.8 Å². The summed E-state index contributed by atoms with van der Waals surface area (Å²) in [5.74, 6) is 0.511. The van der Waals surface area contributed by atoms with Gasteiger partial charge in [-0.2, -0.15) is 0 Å². The zero-order valence-corrected chi connectivity index (χ0v) is 16.6. The fraction of sp³-hybridized carbons (Fsp3) is 0.316. The van der Waals surface area contributed by atoms with Crippen molar-refractivity contribution in [3.63, 3.8) is 0 Å². The molecule has 0 bridgehead atoms. The van der Waals surface area contributed by atoms with Gasteiger partial charge in [-0.3, -0.25) is 9.59 Å². The first-order chi connectivity index (χ1) is 13.1. The zero-order chi connectivity index (χ0) is 18.8. The first kappa shape index (κ1) is 18.1. The Hall–Kier alpha value is -2.32. The lowest BCUT2D eigenvalue weighted by atomic mass is 10.3. The number of rotatable bonds is 4. The van der Waals surface area contributed by atoms with Crippen molar-refractivity contribution >= 4 is 45.9 Å². The first-order valence-electron chi connectivity index (χ1n) is 8.78. The average Bonchev–Trinajstić information content (AvgIpc) is 3.35. The molecule has 0 aliphatic carbocycles. The van der Waals surface area contributed by atoms with Gasteiger partial charge in [0.05, 0.1) is 21.7 Å². The fourth-order valence-electron chi connectivity index (χ4n) is 3.19. The fourth-order valence-corrected chi connectivity index (χ4v) is 4.77. The van der Waals surface area contributed by atoms with E-state index >= 15 is 0 Å². The minimum absolute atomic E-state index is 0.0613. The highest BCUT2D eigenvalue weighted by molar-refractivity contribution is 7.99. The number of hydrogen-bond donors (Lipinski definition) is 0. The Bertz CT molecular complexity index is 959. The lowest BCUT2D eigenvalue weighted by molar-refractivity contribution is -0.129. The maximum absolute atomic E-state index is 12.6. The van der Waals surface area contributed by atoms with Crippen molar-refractivity contribution in [2.45, 2.75) is 5.16 Å². The molecule has 0 atom stereocenters. The summed E-state index contributed by atoms with van der Waals surface area (Å²) in [5, 5.41) is 2.75. The van der Waals surface area contributed by atoms with Crippen LogP contribution in [0.25, 0.3) is 11.0 Å². The SMILES string of the molecule is Cn1c(SCC(=O)N2CCN(C(=O)c3cccs3)CC2)nc2ccccc21. The molecule has 8 heteroatoms. The van der Waals surface area contributed by atoms with Gasteiger partial charge in [0.2, 0.25) is 5.91 Å². The van der Waals surface area contributed by atoms with Crippen LogP contribution in [-0.4, -0.2) is 63.1 Å². The third-order valence-electron chi connectivity index (χ3n) is 4.72. The number of amides is 2. The lowest BCUT2D eigenvalue weighted by Gasteiger charge is -2.34. The predicted molar refractivity (Wildman–Crippen MR) is 108 cm³/mol. The molecule has 0 unspecified atom stereocenters. The number of thioether (sulfide) groups is 1. The summed E-state index contributed by atoms with van der Waals surface area (Å²) in [7, 11) is 1.97. The molecule has 1 aliphatic heterocycles. The Kier molecular flexibility index (Phi) is 5.18. The number of benzene rings is 1. The molecule has 0 spiro atoms. The Labute approximate surface area is 165 Å². The second kappa shape index (κ2) is 7.74. The van der Waals surface area contributed by atoms with Gasteiger partial charge in [0.15, 0.2) is 5.16 Å². The van der Waals surface area contributed by atoms with E-state index in [4.69, 9.17) is 0 Å². The lowest BCUT2D eigenvalue weighted by Crippen LogP contribution is -2.51. The average molecular weight is 401 g/mol.